The van der Waals surface area contributed by atoms with Crippen LogP contribution >= 0.6 is 22.9 Å². The summed E-state index contributed by atoms with van der Waals surface area (Å²) in [6, 6.07) is 5.79. The highest BCUT2D eigenvalue weighted by molar-refractivity contribution is 7.22. The van der Waals surface area contributed by atoms with Crippen LogP contribution in [0.1, 0.15) is 17.5 Å². The second-order valence-corrected chi connectivity index (χ2v) is 7.43. The number of nitrogens with zero attached hydrogens (tertiary/aromatic N) is 2. The molecule has 2 heterocycles. The van der Waals surface area contributed by atoms with E-state index in [9.17, 15) is 9.59 Å². The van der Waals surface area contributed by atoms with Gasteiger partial charge < -0.3 is 5.11 Å². The van der Waals surface area contributed by atoms with Crippen molar-refractivity contribution in [2.24, 2.45) is 7.05 Å². The molecule has 0 unspecified atom stereocenters. The van der Waals surface area contributed by atoms with Crippen LogP contribution in [0.15, 0.2) is 27.8 Å². The minimum atomic E-state index is -0.367. The fourth-order valence-corrected chi connectivity index (χ4v) is 4.54. The predicted octanol–water partition coefficient (Wildman–Crippen LogP) is 3.08. The lowest BCUT2D eigenvalue weighted by Crippen LogP contribution is -2.39. The number of hydrogen-bond acceptors (Lipinski definition) is 4. The van der Waals surface area contributed by atoms with Gasteiger partial charge in [0.25, 0.3) is 5.56 Å². The first-order valence-corrected chi connectivity index (χ1v) is 9.17. The summed E-state index contributed by atoms with van der Waals surface area (Å²) in [5.41, 5.74) is 1.98. The Hall–Kier alpha value is -1.89. The quantitative estimate of drug-likeness (QED) is 0.758. The number of hydrogen-bond donors (Lipinski definition) is 1. The third-order valence-electron chi connectivity index (χ3n) is 4.39. The molecule has 0 atom stereocenters. The number of aromatic nitrogens is 2. The highest BCUT2D eigenvalue weighted by atomic mass is 35.5. The molecule has 7 heteroatoms. The van der Waals surface area contributed by atoms with Gasteiger partial charge in [-0.15, -0.1) is 11.3 Å². The molecule has 3 aromatic rings. The summed E-state index contributed by atoms with van der Waals surface area (Å²) in [4.78, 5) is 26.9. The molecule has 2 aromatic heterocycles. The van der Waals surface area contributed by atoms with Gasteiger partial charge in [0, 0.05) is 30.6 Å². The molecular formula is C18H19ClN2O3S. The van der Waals surface area contributed by atoms with Crippen LogP contribution < -0.4 is 11.2 Å². The van der Waals surface area contributed by atoms with Gasteiger partial charge >= 0.3 is 5.69 Å². The number of benzene rings is 1. The van der Waals surface area contributed by atoms with E-state index < -0.39 is 0 Å². The first kappa shape index (κ1) is 17.9. The molecule has 3 rings (SSSR count). The molecule has 5 nitrogen and oxygen atoms in total. The molecule has 0 amide bonds. The molecule has 0 saturated heterocycles. The Balaban J connectivity index is 2.36. The van der Waals surface area contributed by atoms with Crippen LogP contribution in [0.5, 0.6) is 0 Å². The van der Waals surface area contributed by atoms with Crippen LogP contribution in [0.25, 0.3) is 20.7 Å². The summed E-state index contributed by atoms with van der Waals surface area (Å²) < 4.78 is 2.69. The minimum absolute atomic E-state index is 0.0690. The molecule has 0 bridgehead atoms. The lowest BCUT2D eigenvalue weighted by molar-refractivity contribution is 0.277. The zero-order chi connectivity index (χ0) is 18.3. The number of aliphatic hydroxyl groups excluding tert-OH is 1. The monoisotopic (exact) mass is 378 g/mol. The number of fused-ring (bicyclic) bond motifs is 1. The SMILES string of the molecule is Cc1cccc(-c2sc3c(c2C)c(=O)n(CCCO)c(=O)n3C)c1Cl. The summed E-state index contributed by atoms with van der Waals surface area (Å²) in [5, 5.41) is 10.2. The molecule has 0 aliphatic carbocycles. The van der Waals surface area contributed by atoms with Gasteiger partial charge in [-0.05, 0) is 31.4 Å². The molecule has 132 valence electrons. The van der Waals surface area contributed by atoms with Crippen LogP contribution in [0.3, 0.4) is 0 Å². The highest BCUT2D eigenvalue weighted by Gasteiger charge is 2.20. The van der Waals surface area contributed by atoms with Crippen molar-refractivity contribution < 1.29 is 5.11 Å². The number of aliphatic hydroxyl groups is 1. The second kappa shape index (κ2) is 6.78. The first-order valence-electron chi connectivity index (χ1n) is 7.97. The zero-order valence-electron chi connectivity index (χ0n) is 14.3. The largest absolute Gasteiger partial charge is 0.396 e. The molecular weight excluding hydrogens is 360 g/mol. The highest BCUT2D eigenvalue weighted by Crippen LogP contribution is 2.40. The van der Waals surface area contributed by atoms with E-state index in [2.05, 4.69) is 0 Å². The van der Waals surface area contributed by atoms with E-state index in [1.54, 1.807) is 7.05 Å². The number of thiophene rings is 1. The average molecular weight is 379 g/mol. The lowest BCUT2D eigenvalue weighted by atomic mass is 10.1. The Bertz CT molecular complexity index is 1080. The Morgan fingerprint density at radius 3 is 2.64 bits per heavy atom. The standard InChI is InChI=1S/C18H19ClN2O3S/c1-10-6-4-7-12(14(10)19)15-11(2)13-16(23)21(8-5-9-22)18(24)20(3)17(13)25-15/h4,6-7,22H,5,8-9H2,1-3H3. The normalized spacial score (nSPS) is 11.4. The van der Waals surface area contributed by atoms with Crippen LogP contribution in [0.2, 0.25) is 5.02 Å². The molecule has 0 aliphatic rings. The van der Waals surface area contributed by atoms with Gasteiger partial charge in [-0.2, -0.15) is 0 Å². The van der Waals surface area contributed by atoms with E-state index in [4.69, 9.17) is 16.7 Å². The topological polar surface area (TPSA) is 64.2 Å². The third kappa shape index (κ3) is 2.84. The van der Waals surface area contributed by atoms with Crippen LogP contribution in [-0.2, 0) is 13.6 Å². The predicted molar refractivity (Wildman–Crippen MR) is 103 cm³/mol. The second-order valence-electron chi connectivity index (χ2n) is 6.05. The minimum Gasteiger partial charge on any atom is -0.396 e. The third-order valence-corrected chi connectivity index (χ3v) is 6.29. The molecule has 1 N–H and O–H groups in total. The van der Waals surface area contributed by atoms with Crippen LogP contribution in [0, 0.1) is 13.8 Å². The summed E-state index contributed by atoms with van der Waals surface area (Å²) in [5.74, 6) is 0. The smallest absolute Gasteiger partial charge is 0.331 e. The Morgan fingerprint density at radius 2 is 1.96 bits per heavy atom. The van der Waals surface area contributed by atoms with Crippen LogP contribution in [0.4, 0.5) is 0 Å². The van der Waals surface area contributed by atoms with E-state index in [-0.39, 0.29) is 24.4 Å². The van der Waals surface area contributed by atoms with Crippen molar-refractivity contribution in [1.82, 2.24) is 9.13 Å². The van der Waals surface area contributed by atoms with E-state index in [0.717, 1.165) is 21.6 Å². The molecule has 25 heavy (non-hydrogen) atoms. The average Bonchev–Trinajstić information content (AvgIpc) is 2.93. The van der Waals surface area contributed by atoms with Gasteiger partial charge in [0.05, 0.1) is 10.4 Å². The van der Waals surface area contributed by atoms with Crippen molar-refractivity contribution in [2.45, 2.75) is 26.8 Å². The zero-order valence-corrected chi connectivity index (χ0v) is 15.9. The summed E-state index contributed by atoms with van der Waals surface area (Å²) in [7, 11) is 1.66. The lowest BCUT2D eigenvalue weighted by Gasteiger charge is -2.07. The van der Waals surface area contributed by atoms with E-state index in [0.29, 0.717) is 21.7 Å². The first-order chi connectivity index (χ1) is 11.9. The van der Waals surface area contributed by atoms with Crippen molar-refractivity contribution in [3.05, 3.63) is 55.2 Å². The van der Waals surface area contributed by atoms with Gasteiger partial charge in [0.1, 0.15) is 4.83 Å². The molecule has 1 aromatic carbocycles. The maximum absolute atomic E-state index is 12.9. The van der Waals surface area contributed by atoms with E-state index >= 15 is 0 Å². The number of aryl methyl sites for hydroxylation is 3. The van der Waals surface area contributed by atoms with Crippen LogP contribution in [-0.4, -0.2) is 20.8 Å². The van der Waals surface area contributed by atoms with Crippen molar-refractivity contribution in [3.63, 3.8) is 0 Å². The number of rotatable bonds is 4. The van der Waals surface area contributed by atoms with Crippen molar-refractivity contribution in [3.8, 4) is 10.4 Å². The maximum atomic E-state index is 12.9. The summed E-state index contributed by atoms with van der Waals surface area (Å²) in [6.45, 7) is 3.95. The maximum Gasteiger partial charge on any atom is 0.331 e. The van der Waals surface area contributed by atoms with E-state index in [1.165, 1.54) is 20.5 Å². The van der Waals surface area contributed by atoms with Gasteiger partial charge in [0.2, 0.25) is 0 Å². The molecule has 0 fully saturated rings. The molecule has 0 spiro atoms. The summed E-state index contributed by atoms with van der Waals surface area (Å²) in [6.07, 6.45) is 0.362. The Labute approximate surface area is 153 Å². The van der Waals surface area contributed by atoms with E-state index in [1.807, 2.05) is 32.0 Å². The van der Waals surface area contributed by atoms with Gasteiger partial charge in [-0.1, -0.05) is 29.8 Å². The van der Waals surface area contributed by atoms with Gasteiger partial charge in [0.15, 0.2) is 0 Å². The fourth-order valence-electron chi connectivity index (χ4n) is 2.98. The van der Waals surface area contributed by atoms with Crippen molar-refractivity contribution in [1.29, 1.82) is 0 Å². The molecule has 0 radical (unpaired) electrons. The Kier molecular flexibility index (Phi) is 4.86. The molecule has 0 saturated carbocycles. The molecule has 0 aliphatic heterocycles. The van der Waals surface area contributed by atoms with Gasteiger partial charge in [-0.3, -0.25) is 13.9 Å². The van der Waals surface area contributed by atoms with Gasteiger partial charge in [-0.25, -0.2) is 4.79 Å². The van der Waals surface area contributed by atoms with Crippen molar-refractivity contribution >= 4 is 33.2 Å². The summed E-state index contributed by atoms with van der Waals surface area (Å²) >= 11 is 7.87. The van der Waals surface area contributed by atoms with Crippen molar-refractivity contribution in [2.75, 3.05) is 6.61 Å². The number of halogens is 1. The fraction of sp³-hybridized carbons (Fsp3) is 0.333. The Morgan fingerprint density at radius 1 is 1.24 bits per heavy atom.